The quantitative estimate of drug-likeness (QED) is 0.554. The minimum atomic E-state index is -0.303. The van der Waals surface area contributed by atoms with E-state index in [1.54, 1.807) is 0 Å². The van der Waals surface area contributed by atoms with Crippen LogP contribution in [0.4, 0.5) is 0 Å². The van der Waals surface area contributed by atoms with E-state index in [0.717, 1.165) is 16.7 Å². The van der Waals surface area contributed by atoms with Crippen molar-refractivity contribution in [1.82, 2.24) is 0 Å². The molecule has 1 aliphatic carbocycles. The van der Waals surface area contributed by atoms with Crippen LogP contribution in [0.3, 0.4) is 0 Å². The average molecular weight is 342 g/mol. The Kier molecular flexibility index (Phi) is 3.73. The number of esters is 1. The Morgan fingerprint density at radius 2 is 1.54 bits per heavy atom. The van der Waals surface area contributed by atoms with Crippen molar-refractivity contribution in [1.29, 1.82) is 0 Å². The van der Waals surface area contributed by atoms with Crippen molar-refractivity contribution in [2.24, 2.45) is 0 Å². The van der Waals surface area contributed by atoms with Gasteiger partial charge in [0.2, 0.25) is 0 Å². The first-order chi connectivity index (χ1) is 12.4. The Morgan fingerprint density at radius 3 is 2.31 bits per heavy atom. The zero-order valence-corrected chi connectivity index (χ0v) is 15.6. The van der Waals surface area contributed by atoms with Gasteiger partial charge in [0.15, 0.2) is 0 Å². The van der Waals surface area contributed by atoms with Crippen LogP contribution < -0.4 is 0 Å². The number of benzene rings is 3. The lowest BCUT2D eigenvalue weighted by Gasteiger charge is -2.21. The predicted molar refractivity (Wildman–Crippen MR) is 106 cm³/mol. The normalized spacial score (nSPS) is 13.8. The molecule has 130 valence electrons. The lowest BCUT2D eigenvalue weighted by atomic mass is 9.82. The van der Waals surface area contributed by atoms with Gasteiger partial charge in [-0.2, -0.15) is 0 Å². The SMILES string of the molecule is COC(=O)c1ccc(C)cc1-c1cccc2c1-c1ccccc1C2(C)C. The summed E-state index contributed by atoms with van der Waals surface area (Å²) in [5, 5.41) is 0. The molecule has 3 aromatic carbocycles. The summed E-state index contributed by atoms with van der Waals surface area (Å²) in [6.07, 6.45) is 0. The molecule has 0 N–H and O–H groups in total. The van der Waals surface area contributed by atoms with Crippen molar-refractivity contribution in [2.75, 3.05) is 7.11 Å². The first kappa shape index (κ1) is 16.6. The minimum absolute atomic E-state index is 0.0583. The Morgan fingerprint density at radius 1 is 0.846 bits per heavy atom. The van der Waals surface area contributed by atoms with Crippen LogP contribution in [0, 0.1) is 6.92 Å². The van der Waals surface area contributed by atoms with Crippen LogP contribution in [0.15, 0.2) is 60.7 Å². The van der Waals surface area contributed by atoms with Crippen molar-refractivity contribution in [2.45, 2.75) is 26.2 Å². The lowest BCUT2D eigenvalue weighted by molar-refractivity contribution is 0.0601. The number of hydrogen-bond acceptors (Lipinski definition) is 2. The first-order valence-corrected chi connectivity index (χ1v) is 8.88. The largest absolute Gasteiger partial charge is 0.465 e. The van der Waals surface area contributed by atoms with Crippen LogP contribution in [0.1, 0.15) is 40.9 Å². The summed E-state index contributed by atoms with van der Waals surface area (Å²) in [6.45, 7) is 6.57. The summed E-state index contributed by atoms with van der Waals surface area (Å²) in [5.41, 5.74) is 8.79. The Balaban J connectivity index is 2.07. The summed E-state index contributed by atoms with van der Waals surface area (Å²) in [7, 11) is 1.43. The highest BCUT2D eigenvalue weighted by molar-refractivity contribution is 6.02. The van der Waals surface area contributed by atoms with Crippen molar-refractivity contribution < 1.29 is 9.53 Å². The maximum Gasteiger partial charge on any atom is 0.338 e. The standard InChI is InChI=1S/C24H22O2/c1-15-12-13-17(23(25)26-4)19(14-15)16-9-7-11-21-22(16)18-8-5-6-10-20(18)24(21,2)3/h5-14H,1-4H3. The second kappa shape index (κ2) is 5.84. The molecule has 0 saturated heterocycles. The number of aryl methyl sites for hydroxylation is 1. The number of fused-ring (bicyclic) bond motifs is 3. The topological polar surface area (TPSA) is 26.3 Å². The monoisotopic (exact) mass is 342 g/mol. The molecule has 0 saturated carbocycles. The third-order valence-electron chi connectivity index (χ3n) is 5.48. The van der Waals surface area contributed by atoms with Crippen LogP contribution >= 0.6 is 0 Å². The van der Waals surface area contributed by atoms with Gasteiger partial charge in [-0.15, -0.1) is 0 Å². The fraction of sp³-hybridized carbons (Fsp3) is 0.208. The number of carbonyl (C=O) groups excluding carboxylic acids is 1. The highest BCUT2D eigenvalue weighted by Gasteiger charge is 2.36. The number of rotatable bonds is 2. The minimum Gasteiger partial charge on any atom is -0.465 e. The van der Waals surface area contributed by atoms with Gasteiger partial charge in [0.05, 0.1) is 12.7 Å². The van der Waals surface area contributed by atoms with E-state index in [4.69, 9.17) is 4.74 Å². The van der Waals surface area contributed by atoms with Gasteiger partial charge in [-0.1, -0.05) is 74.0 Å². The Hall–Kier alpha value is -2.87. The van der Waals surface area contributed by atoms with Gasteiger partial charge in [-0.25, -0.2) is 4.79 Å². The molecule has 0 aromatic heterocycles. The van der Waals surface area contributed by atoms with Crippen LogP contribution in [0.5, 0.6) is 0 Å². The predicted octanol–water partition coefficient (Wildman–Crippen LogP) is 5.75. The Bertz CT molecular complexity index is 1030. The highest BCUT2D eigenvalue weighted by Crippen LogP contribution is 2.52. The maximum atomic E-state index is 12.4. The maximum absolute atomic E-state index is 12.4. The molecule has 0 spiro atoms. The molecule has 2 nitrogen and oxygen atoms in total. The molecular formula is C24H22O2. The smallest absolute Gasteiger partial charge is 0.338 e. The molecule has 1 aliphatic rings. The van der Waals surface area contributed by atoms with Crippen molar-refractivity contribution in [3.05, 3.63) is 82.9 Å². The van der Waals surface area contributed by atoms with Crippen LogP contribution in [-0.4, -0.2) is 13.1 Å². The van der Waals surface area contributed by atoms with E-state index in [1.165, 1.54) is 29.4 Å². The molecule has 0 bridgehead atoms. The zero-order valence-electron chi connectivity index (χ0n) is 15.6. The third-order valence-corrected chi connectivity index (χ3v) is 5.48. The van der Waals surface area contributed by atoms with Crippen LogP contribution in [-0.2, 0) is 10.2 Å². The Labute approximate surface area is 154 Å². The van der Waals surface area contributed by atoms with E-state index in [2.05, 4.69) is 62.4 Å². The summed E-state index contributed by atoms with van der Waals surface area (Å²) >= 11 is 0. The molecule has 2 heteroatoms. The van der Waals surface area contributed by atoms with Crippen molar-refractivity contribution in [3.63, 3.8) is 0 Å². The molecule has 0 fully saturated rings. The van der Waals surface area contributed by atoms with E-state index in [1.807, 2.05) is 19.1 Å². The molecule has 4 rings (SSSR count). The molecule has 3 aromatic rings. The van der Waals surface area contributed by atoms with Gasteiger partial charge in [0, 0.05) is 5.41 Å². The molecule has 0 heterocycles. The van der Waals surface area contributed by atoms with Gasteiger partial charge < -0.3 is 4.74 Å². The van der Waals surface area contributed by atoms with Gasteiger partial charge >= 0.3 is 5.97 Å². The zero-order chi connectivity index (χ0) is 18.5. The fourth-order valence-electron chi connectivity index (χ4n) is 4.15. The van der Waals surface area contributed by atoms with E-state index in [0.29, 0.717) is 5.56 Å². The van der Waals surface area contributed by atoms with E-state index < -0.39 is 0 Å². The molecule has 0 radical (unpaired) electrons. The summed E-state index contributed by atoms with van der Waals surface area (Å²) in [6, 6.07) is 20.9. The summed E-state index contributed by atoms with van der Waals surface area (Å²) in [4.78, 5) is 12.4. The number of carbonyl (C=O) groups is 1. The fourth-order valence-corrected chi connectivity index (χ4v) is 4.15. The van der Waals surface area contributed by atoms with E-state index in [9.17, 15) is 4.79 Å². The molecular weight excluding hydrogens is 320 g/mol. The van der Waals surface area contributed by atoms with Crippen LogP contribution in [0.25, 0.3) is 22.3 Å². The molecule has 0 atom stereocenters. The van der Waals surface area contributed by atoms with E-state index >= 15 is 0 Å². The molecule has 0 aliphatic heterocycles. The van der Waals surface area contributed by atoms with Crippen molar-refractivity contribution in [3.8, 4) is 22.3 Å². The summed E-state index contributed by atoms with van der Waals surface area (Å²) < 4.78 is 5.03. The third kappa shape index (κ3) is 2.29. The number of hydrogen-bond donors (Lipinski definition) is 0. The second-order valence-corrected chi connectivity index (χ2v) is 7.44. The number of methoxy groups -OCH3 is 1. The van der Waals surface area contributed by atoms with E-state index in [-0.39, 0.29) is 11.4 Å². The average Bonchev–Trinajstić information content (AvgIpc) is 2.89. The van der Waals surface area contributed by atoms with Gasteiger partial charge in [0.25, 0.3) is 0 Å². The van der Waals surface area contributed by atoms with Gasteiger partial charge in [-0.05, 0) is 46.4 Å². The highest BCUT2D eigenvalue weighted by atomic mass is 16.5. The number of ether oxygens (including phenoxy) is 1. The summed E-state index contributed by atoms with van der Waals surface area (Å²) in [5.74, 6) is -0.303. The first-order valence-electron chi connectivity index (χ1n) is 8.88. The van der Waals surface area contributed by atoms with Gasteiger partial charge in [-0.3, -0.25) is 0 Å². The molecule has 26 heavy (non-hydrogen) atoms. The van der Waals surface area contributed by atoms with Gasteiger partial charge in [0.1, 0.15) is 0 Å². The molecule has 0 unspecified atom stereocenters. The lowest BCUT2D eigenvalue weighted by Crippen LogP contribution is -2.14. The molecule has 0 amide bonds. The van der Waals surface area contributed by atoms with Crippen molar-refractivity contribution >= 4 is 5.97 Å². The second-order valence-electron chi connectivity index (χ2n) is 7.44. The van der Waals surface area contributed by atoms with Crippen LogP contribution in [0.2, 0.25) is 0 Å².